The quantitative estimate of drug-likeness (QED) is 0.888. The maximum absolute atomic E-state index is 14.2. The van der Waals surface area contributed by atoms with E-state index < -0.39 is 5.41 Å². The standard InChI is InChI=1S/C18H22FNO/c1-13-6-5-7-14(2)15(13)10-18(11-20,12-21)16-8-3-4-9-17(16)19/h3-9,21H,10-12,20H2,1-2H3. The number of hydrogen-bond acceptors (Lipinski definition) is 2. The van der Waals surface area contributed by atoms with Gasteiger partial charge in [-0.2, -0.15) is 0 Å². The van der Waals surface area contributed by atoms with E-state index in [-0.39, 0.29) is 19.0 Å². The summed E-state index contributed by atoms with van der Waals surface area (Å²) in [4.78, 5) is 0. The van der Waals surface area contributed by atoms with Crippen molar-refractivity contribution in [2.24, 2.45) is 5.73 Å². The molecule has 0 amide bonds. The monoisotopic (exact) mass is 287 g/mol. The minimum atomic E-state index is -0.789. The van der Waals surface area contributed by atoms with Gasteiger partial charge in [-0.25, -0.2) is 4.39 Å². The van der Waals surface area contributed by atoms with Crippen LogP contribution in [0, 0.1) is 19.7 Å². The molecular weight excluding hydrogens is 265 g/mol. The minimum Gasteiger partial charge on any atom is -0.395 e. The van der Waals surface area contributed by atoms with E-state index in [2.05, 4.69) is 0 Å². The van der Waals surface area contributed by atoms with Crippen molar-refractivity contribution in [1.82, 2.24) is 0 Å². The summed E-state index contributed by atoms with van der Waals surface area (Å²) in [5.74, 6) is -0.316. The second-order valence-corrected chi connectivity index (χ2v) is 5.67. The fourth-order valence-corrected chi connectivity index (χ4v) is 2.84. The number of aliphatic hydroxyl groups is 1. The molecule has 2 aromatic rings. The van der Waals surface area contributed by atoms with Gasteiger partial charge in [-0.1, -0.05) is 36.4 Å². The van der Waals surface area contributed by atoms with Crippen molar-refractivity contribution in [3.8, 4) is 0 Å². The molecule has 0 aliphatic heterocycles. The summed E-state index contributed by atoms with van der Waals surface area (Å²) in [6, 6.07) is 12.6. The Kier molecular flexibility index (Phi) is 4.76. The van der Waals surface area contributed by atoms with Crippen LogP contribution in [0.25, 0.3) is 0 Å². The van der Waals surface area contributed by atoms with Crippen LogP contribution in [0.4, 0.5) is 4.39 Å². The molecule has 0 fully saturated rings. The van der Waals surface area contributed by atoms with Crippen LogP contribution in [-0.2, 0) is 11.8 Å². The molecule has 2 rings (SSSR count). The first-order valence-corrected chi connectivity index (χ1v) is 7.15. The molecular formula is C18H22FNO. The lowest BCUT2D eigenvalue weighted by molar-refractivity contribution is 0.192. The van der Waals surface area contributed by atoms with E-state index in [1.165, 1.54) is 6.07 Å². The van der Waals surface area contributed by atoms with Gasteiger partial charge in [-0.15, -0.1) is 0 Å². The van der Waals surface area contributed by atoms with Gasteiger partial charge in [0, 0.05) is 12.0 Å². The largest absolute Gasteiger partial charge is 0.395 e. The second kappa shape index (κ2) is 6.37. The number of aryl methyl sites for hydroxylation is 2. The van der Waals surface area contributed by atoms with Gasteiger partial charge < -0.3 is 10.8 Å². The van der Waals surface area contributed by atoms with Crippen LogP contribution in [0.1, 0.15) is 22.3 Å². The highest BCUT2D eigenvalue weighted by Crippen LogP contribution is 2.31. The predicted octanol–water partition coefficient (Wildman–Crippen LogP) is 2.87. The van der Waals surface area contributed by atoms with Crippen LogP contribution in [0.15, 0.2) is 42.5 Å². The van der Waals surface area contributed by atoms with Gasteiger partial charge in [0.1, 0.15) is 5.82 Å². The molecule has 0 aliphatic rings. The van der Waals surface area contributed by atoms with E-state index in [1.54, 1.807) is 18.2 Å². The van der Waals surface area contributed by atoms with E-state index >= 15 is 0 Å². The summed E-state index contributed by atoms with van der Waals surface area (Å²) in [5.41, 5.74) is 9.03. The molecule has 0 heterocycles. The van der Waals surface area contributed by atoms with Crippen LogP contribution in [0.2, 0.25) is 0 Å². The first-order chi connectivity index (χ1) is 10.0. The zero-order chi connectivity index (χ0) is 15.5. The third kappa shape index (κ3) is 2.99. The minimum absolute atomic E-state index is 0.182. The lowest BCUT2D eigenvalue weighted by Crippen LogP contribution is -2.42. The lowest BCUT2D eigenvalue weighted by atomic mass is 9.74. The summed E-state index contributed by atoms with van der Waals surface area (Å²) < 4.78 is 14.2. The first kappa shape index (κ1) is 15.7. The van der Waals surface area contributed by atoms with Crippen molar-refractivity contribution in [2.45, 2.75) is 25.7 Å². The van der Waals surface area contributed by atoms with E-state index in [9.17, 15) is 9.50 Å². The maximum Gasteiger partial charge on any atom is 0.127 e. The van der Waals surface area contributed by atoms with Crippen molar-refractivity contribution >= 4 is 0 Å². The Labute approximate surface area is 125 Å². The molecule has 112 valence electrons. The molecule has 0 aliphatic carbocycles. The smallest absolute Gasteiger partial charge is 0.127 e. The fraction of sp³-hybridized carbons (Fsp3) is 0.333. The molecule has 2 aromatic carbocycles. The zero-order valence-electron chi connectivity index (χ0n) is 12.6. The van der Waals surface area contributed by atoms with Gasteiger partial charge in [-0.3, -0.25) is 0 Å². The topological polar surface area (TPSA) is 46.2 Å². The van der Waals surface area contributed by atoms with Gasteiger partial charge in [0.15, 0.2) is 0 Å². The van der Waals surface area contributed by atoms with Gasteiger partial charge in [0.2, 0.25) is 0 Å². The van der Waals surface area contributed by atoms with Crippen molar-refractivity contribution in [2.75, 3.05) is 13.2 Å². The van der Waals surface area contributed by atoms with E-state index in [0.29, 0.717) is 12.0 Å². The normalized spacial score (nSPS) is 14.0. The summed E-state index contributed by atoms with van der Waals surface area (Å²) in [6.07, 6.45) is 0.527. The van der Waals surface area contributed by atoms with E-state index in [4.69, 9.17) is 5.73 Å². The molecule has 3 N–H and O–H groups in total. The molecule has 0 spiro atoms. The molecule has 1 atom stereocenters. The third-order valence-electron chi connectivity index (χ3n) is 4.30. The Morgan fingerprint density at radius 3 is 2.19 bits per heavy atom. The van der Waals surface area contributed by atoms with Crippen LogP contribution in [0.5, 0.6) is 0 Å². The average molecular weight is 287 g/mol. The van der Waals surface area contributed by atoms with Gasteiger partial charge in [0.25, 0.3) is 0 Å². The lowest BCUT2D eigenvalue weighted by Gasteiger charge is -2.32. The van der Waals surface area contributed by atoms with E-state index in [0.717, 1.165) is 16.7 Å². The highest BCUT2D eigenvalue weighted by Gasteiger charge is 2.33. The molecule has 0 bridgehead atoms. The fourth-order valence-electron chi connectivity index (χ4n) is 2.84. The summed E-state index contributed by atoms with van der Waals surface area (Å²) in [7, 11) is 0. The third-order valence-corrected chi connectivity index (χ3v) is 4.30. The Balaban J connectivity index is 2.51. The summed E-state index contributed by atoms with van der Waals surface area (Å²) in [6.45, 7) is 4.07. The number of nitrogens with two attached hydrogens (primary N) is 1. The van der Waals surface area contributed by atoms with Crippen LogP contribution >= 0.6 is 0 Å². The van der Waals surface area contributed by atoms with Crippen molar-refractivity contribution in [1.29, 1.82) is 0 Å². The van der Waals surface area contributed by atoms with Gasteiger partial charge in [0.05, 0.1) is 6.61 Å². The number of rotatable bonds is 5. The predicted molar refractivity (Wildman–Crippen MR) is 83.8 cm³/mol. The highest BCUT2D eigenvalue weighted by molar-refractivity contribution is 5.38. The Bertz CT molecular complexity index is 600. The zero-order valence-corrected chi connectivity index (χ0v) is 12.6. The van der Waals surface area contributed by atoms with Crippen LogP contribution < -0.4 is 5.73 Å². The number of halogens is 1. The molecule has 1 unspecified atom stereocenters. The molecule has 3 heteroatoms. The molecule has 0 aromatic heterocycles. The Morgan fingerprint density at radius 1 is 1.05 bits per heavy atom. The molecule has 2 nitrogen and oxygen atoms in total. The average Bonchev–Trinajstić information content (AvgIpc) is 2.49. The number of benzene rings is 2. The van der Waals surface area contributed by atoms with Crippen molar-refractivity contribution in [3.05, 3.63) is 70.5 Å². The van der Waals surface area contributed by atoms with E-state index in [1.807, 2.05) is 32.0 Å². The summed E-state index contributed by atoms with van der Waals surface area (Å²) >= 11 is 0. The SMILES string of the molecule is Cc1cccc(C)c1CC(CN)(CO)c1ccccc1F. The van der Waals surface area contributed by atoms with Crippen molar-refractivity contribution in [3.63, 3.8) is 0 Å². The first-order valence-electron chi connectivity index (χ1n) is 7.15. The Morgan fingerprint density at radius 2 is 1.67 bits per heavy atom. The molecule has 0 radical (unpaired) electrons. The molecule has 0 saturated carbocycles. The highest BCUT2D eigenvalue weighted by atomic mass is 19.1. The van der Waals surface area contributed by atoms with Crippen molar-refractivity contribution < 1.29 is 9.50 Å². The number of hydrogen-bond donors (Lipinski definition) is 2. The molecule has 0 saturated heterocycles. The van der Waals surface area contributed by atoms with Crippen LogP contribution in [0.3, 0.4) is 0 Å². The molecule has 21 heavy (non-hydrogen) atoms. The van der Waals surface area contributed by atoms with Gasteiger partial charge in [-0.05, 0) is 48.6 Å². The summed E-state index contributed by atoms with van der Waals surface area (Å²) in [5, 5.41) is 9.95. The Hall–Kier alpha value is -1.71. The maximum atomic E-state index is 14.2. The second-order valence-electron chi connectivity index (χ2n) is 5.67. The van der Waals surface area contributed by atoms with Gasteiger partial charge >= 0.3 is 0 Å². The number of aliphatic hydroxyl groups excluding tert-OH is 1. The van der Waals surface area contributed by atoms with Crippen LogP contribution in [-0.4, -0.2) is 18.3 Å².